The fourth-order valence-corrected chi connectivity index (χ4v) is 8.07. The van der Waals surface area contributed by atoms with E-state index in [0.29, 0.717) is 40.9 Å². The number of aromatic nitrogens is 5. The number of nitrogens with zero attached hydrogens (tertiary/aromatic N) is 8. The Bertz CT molecular complexity index is 1500. The molecule has 11 heteroatoms. The van der Waals surface area contributed by atoms with E-state index in [4.69, 9.17) is 9.47 Å². The molecule has 1 atom stereocenters. The SMILES string of the molecule is CC(C)[C@@H](C1CN(CC2COC2)C1)N1CC2(CCN(c3ncnnc3Oc3ccc(F)cc3-c3cncnc3C3CC3)C2)C1. The molecule has 0 amide bonds. The number of rotatable bonds is 10. The summed E-state index contributed by atoms with van der Waals surface area (Å²) in [6.45, 7) is 14.3. The summed E-state index contributed by atoms with van der Waals surface area (Å²) < 4.78 is 26.3. The molecule has 8 rings (SSSR count). The van der Waals surface area contributed by atoms with Crippen molar-refractivity contribution >= 4 is 5.82 Å². The standard InChI is InChI=1S/C33H41FN8O2/c1-21(2)30(24-12-40(13-24)11-22-14-43-15-22)42-17-33(18-42)7-8-41(16-33)31-32(39-38-20-37-31)44-28-6-5-25(34)9-26(28)27-10-35-19-36-29(27)23-3-4-23/h5-6,9-10,19-24,30H,3-4,7-8,11-18H2,1-2H3/t30-/m0/s1. The second-order valence-electron chi connectivity index (χ2n) is 14.1. The lowest BCUT2D eigenvalue weighted by atomic mass is 9.73. The predicted octanol–water partition coefficient (Wildman–Crippen LogP) is 4.25. The summed E-state index contributed by atoms with van der Waals surface area (Å²) in [5, 5.41) is 8.41. The third-order valence-corrected chi connectivity index (χ3v) is 10.3. The molecular weight excluding hydrogens is 559 g/mol. The van der Waals surface area contributed by atoms with Gasteiger partial charge in [0.05, 0.1) is 18.9 Å². The van der Waals surface area contributed by atoms with Gasteiger partial charge in [-0.1, -0.05) is 13.8 Å². The molecule has 6 heterocycles. The first-order valence-electron chi connectivity index (χ1n) is 16.2. The van der Waals surface area contributed by atoms with Crippen LogP contribution < -0.4 is 9.64 Å². The molecule has 0 radical (unpaired) electrons. The van der Waals surface area contributed by atoms with Crippen LogP contribution in [0.15, 0.2) is 37.1 Å². The van der Waals surface area contributed by atoms with Crippen molar-refractivity contribution < 1.29 is 13.9 Å². The van der Waals surface area contributed by atoms with Gasteiger partial charge in [0.2, 0.25) is 0 Å². The number of hydrogen-bond acceptors (Lipinski definition) is 10. The number of halogens is 1. The third kappa shape index (κ3) is 5.32. The van der Waals surface area contributed by atoms with E-state index >= 15 is 0 Å². The van der Waals surface area contributed by atoms with E-state index in [9.17, 15) is 4.39 Å². The van der Waals surface area contributed by atoms with Crippen LogP contribution in [-0.4, -0.2) is 100 Å². The number of ether oxygens (including phenoxy) is 2. The molecule has 5 aliphatic rings. The Labute approximate surface area is 258 Å². The molecule has 1 spiro atoms. The Balaban J connectivity index is 0.957. The van der Waals surface area contributed by atoms with Crippen LogP contribution in [0, 0.1) is 29.0 Å². The highest BCUT2D eigenvalue weighted by Crippen LogP contribution is 2.47. The van der Waals surface area contributed by atoms with Crippen LogP contribution in [-0.2, 0) is 4.74 Å². The largest absolute Gasteiger partial charge is 0.434 e. The second-order valence-corrected chi connectivity index (χ2v) is 14.1. The van der Waals surface area contributed by atoms with Gasteiger partial charge in [0.15, 0.2) is 5.82 Å². The summed E-state index contributed by atoms with van der Waals surface area (Å²) >= 11 is 0. The maximum absolute atomic E-state index is 14.5. The molecule has 10 nitrogen and oxygen atoms in total. The van der Waals surface area contributed by atoms with Gasteiger partial charge < -0.3 is 19.3 Å². The Morgan fingerprint density at radius 1 is 1.07 bits per heavy atom. The van der Waals surface area contributed by atoms with Crippen LogP contribution in [0.4, 0.5) is 10.2 Å². The minimum atomic E-state index is -0.339. The highest BCUT2D eigenvalue weighted by molar-refractivity contribution is 5.73. The van der Waals surface area contributed by atoms with Crippen LogP contribution in [0.5, 0.6) is 11.6 Å². The van der Waals surface area contributed by atoms with Gasteiger partial charge in [0, 0.05) is 92.3 Å². The van der Waals surface area contributed by atoms with Gasteiger partial charge in [0.1, 0.15) is 24.2 Å². The van der Waals surface area contributed by atoms with Gasteiger partial charge in [-0.05, 0) is 43.4 Å². The van der Waals surface area contributed by atoms with Crippen LogP contribution in [0.1, 0.15) is 44.7 Å². The van der Waals surface area contributed by atoms with E-state index in [0.717, 1.165) is 81.7 Å². The van der Waals surface area contributed by atoms with Crippen molar-refractivity contribution in [3.63, 3.8) is 0 Å². The van der Waals surface area contributed by atoms with Gasteiger partial charge in [-0.3, -0.25) is 4.90 Å². The Kier molecular flexibility index (Phi) is 7.22. The zero-order valence-electron chi connectivity index (χ0n) is 25.6. The molecule has 0 unspecified atom stereocenters. The summed E-state index contributed by atoms with van der Waals surface area (Å²) in [5.74, 6) is 3.67. The second kappa shape index (κ2) is 11.3. The lowest BCUT2D eigenvalue weighted by Gasteiger charge is -2.57. The Morgan fingerprint density at radius 3 is 2.66 bits per heavy atom. The van der Waals surface area contributed by atoms with Gasteiger partial charge in [0.25, 0.3) is 5.88 Å². The molecule has 232 valence electrons. The summed E-state index contributed by atoms with van der Waals surface area (Å²) in [6, 6.07) is 5.18. The minimum Gasteiger partial charge on any atom is -0.434 e. The maximum Gasteiger partial charge on any atom is 0.282 e. The Hall–Kier alpha value is -3.28. The van der Waals surface area contributed by atoms with Crippen LogP contribution >= 0.6 is 0 Å². The lowest BCUT2D eigenvalue weighted by molar-refractivity contribution is -0.100. The summed E-state index contributed by atoms with van der Waals surface area (Å²) in [4.78, 5) is 21.1. The first kappa shape index (κ1) is 28.2. The van der Waals surface area contributed by atoms with Crippen molar-refractivity contribution in [2.45, 2.75) is 45.1 Å². The number of hydrogen-bond donors (Lipinski definition) is 0. The van der Waals surface area contributed by atoms with Crippen molar-refractivity contribution in [1.29, 1.82) is 0 Å². The lowest BCUT2D eigenvalue weighted by Crippen LogP contribution is -2.67. The van der Waals surface area contributed by atoms with Crippen molar-refractivity contribution in [2.75, 3.05) is 63.9 Å². The zero-order valence-corrected chi connectivity index (χ0v) is 25.6. The van der Waals surface area contributed by atoms with E-state index in [2.05, 4.69) is 53.7 Å². The molecule has 4 saturated heterocycles. The van der Waals surface area contributed by atoms with Gasteiger partial charge in [-0.25, -0.2) is 19.3 Å². The van der Waals surface area contributed by atoms with E-state index < -0.39 is 0 Å². The highest BCUT2D eigenvalue weighted by Gasteiger charge is 2.52. The average Bonchev–Trinajstić information content (AvgIpc) is 3.71. The molecule has 4 aliphatic heterocycles. The third-order valence-electron chi connectivity index (χ3n) is 10.3. The molecule has 5 fully saturated rings. The van der Waals surface area contributed by atoms with Crippen molar-refractivity contribution in [1.82, 2.24) is 34.9 Å². The van der Waals surface area contributed by atoms with Crippen LogP contribution in [0.3, 0.4) is 0 Å². The van der Waals surface area contributed by atoms with E-state index in [1.165, 1.54) is 38.1 Å². The van der Waals surface area contributed by atoms with Crippen LogP contribution in [0.25, 0.3) is 11.1 Å². The minimum absolute atomic E-state index is 0.254. The Morgan fingerprint density at radius 2 is 1.91 bits per heavy atom. The predicted molar refractivity (Wildman–Crippen MR) is 163 cm³/mol. The monoisotopic (exact) mass is 600 g/mol. The molecule has 0 N–H and O–H groups in total. The molecule has 2 aromatic heterocycles. The average molecular weight is 601 g/mol. The smallest absolute Gasteiger partial charge is 0.282 e. The molecule has 1 saturated carbocycles. The maximum atomic E-state index is 14.5. The molecular formula is C33H41FN8O2. The number of anilines is 1. The topological polar surface area (TPSA) is 92.6 Å². The molecule has 0 bridgehead atoms. The molecule has 1 aliphatic carbocycles. The molecule has 44 heavy (non-hydrogen) atoms. The molecule has 3 aromatic rings. The highest BCUT2D eigenvalue weighted by atomic mass is 19.1. The normalized spacial score (nSPS) is 23.0. The van der Waals surface area contributed by atoms with Gasteiger partial charge >= 0.3 is 0 Å². The van der Waals surface area contributed by atoms with E-state index in [-0.39, 0.29) is 11.2 Å². The van der Waals surface area contributed by atoms with Gasteiger partial charge in [-0.15, -0.1) is 10.2 Å². The fourth-order valence-electron chi connectivity index (χ4n) is 8.07. The van der Waals surface area contributed by atoms with Crippen LogP contribution in [0.2, 0.25) is 0 Å². The first-order valence-corrected chi connectivity index (χ1v) is 16.2. The summed E-state index contributed by atoms with van der Waals surface area (Å²) in [6.07, 6.45) is 8.06. The number of benzene rings is 1. The van der Waals surface area contributed by atoms with E-state index in [1.807, 2.05) is 0 Å². The van der Waals surface area contributed by atoms with Crippen molar-refractivity contribution in [3.8, 4) is 22.8 Å². The first-order chi connectivity index (χ1) is 21.4. The summed E-state index contributed by atoms with van der Waals surface area (Å²) in [5.41, 5.74) is 2.60. The van der Waals surface area contributed by atoms with Crippen molar-refractivity contribution in [3.05, 3.63) is 48.6 Å². The van der Waals surface area contributed by atoms with Crippen molar-refractivity contribution in [2.24, 2.45) is 23.2 Å². The zero-order chi connectivity index (χ0) is 29.8. The van der Waals surface area contributed by atoms with E-state index in [1.54, 1.807) is 18.6 Å². The fraction of sp³-hybridized carbons (Fsp3) is 0.606. The quantitative estimate of drug-likeness (QED) is 0.336. The van der Waals surface area contributed by atoms with Gasteiger partial charge in [-0.2, -0.15) is 0 Å². The summed E-state index contributed by atoms with van der Waals surface area (Å²) in [7, 11) is 0. The number of likely N-dealkylation sites (tertiary alicyclic amines) is 2. The molecule has 1 aromatic carbocycles.